The van der Waals surface area contributed by atoms with E-state index in [4.69, 9.17) is 11.6 Å². The molecule has 5 heteroatoms. The van der Waals surface area contributed by atoms with E-state index in [0.717, 1.165) is 23.6 Å². The highest BCUT2D eigenvalue weighted by molar-refractivity contribution is 6.31. The van der Waals surface area contributed by atoms with Crippen molar-refractivity contribution in [2.45, 2.75) is 26.9 Å². The molecule has 0 spiro atoms. The zero-order valence-corrected chi connectivity index (χ0v) is 12.6. The summed E-state index contributed by atoms with van der Waals surface area (Å²) in [6.45, 7) is 5.33. The molecule has 1 aromatic heterocycles. The average molecular weight is 289 g/mol. The predicted molar refractivity (Wildman–Crippen MR) is 80.9 cm³/mol. The Morgan fingerprint density at radius 2 is 2.10 bits per heavy atom. The fourth-order valence-electron chi connectivity index (χ4n) is 2.23. The molecule has 0 aliphatic heterocycles. The third kappa shape index (κ3) is 2.63. The summed E-state index contributed by atoms with van der Waals surface area (Å²) in [6.07, 6.45) is 0. The monoisotopic (exact) mass is 288 g/mol. The number of nitriles is 1. The Kier molecular flexibility index (Phi) is 4.31. The number of benzene rings is 1. The summed E-state index contributed by atoms with van der Waals surface area (Å²) in [5, 5.41) is 14.3. The molecule has 20 heavy (non-hydrogen) atoms. The topological polar surface area (TPSA) is 44.9 Å². The summed E-state index contributed by atoms with van der Waals surface area (Å²) < 4.78 is 1.91. The predicted octanol–water partition coefficient (Wildman–Crippen LogP) is 3.37. The highest BCUT2D eigenvalue weighted by atomic mass is 35.5. The van der Waals surface area contributed by atoms with Gasteiger partial charge in [0.05, 0.1) is 34.2 Å². The van der Waals surface area contributed by atoms with Crippen molar-refractivity contribution in [1.82, 2.24) is 9.78 Å². The average Bonchev–Trinajstić information content (AvgIpc) is 2.74. The summed E-state index contributed by atoms with van der Waals surface area (Å²) in [5.74, 6) is 0. The number of anilines is 1. The van der Waals surface area contributed by atoms with Crippen molar-refractivity contribution in [3.05, 3.63) is 46.2 Å². The molecule has 0 radical (unpaired) electrons. The molecular weight excluding hydrogens is 272 g/mol. The van der Waals surface area contributed by atoms with Gasteiger partial charge in [-0.05, 0) is 26.0 Å². The molecule has 0 amide bonds. The van der Waals surface area contributed by atoms with Crippen LogP contribution in [0.4, 0.5) is 5.69 Å². The number of hydrogen-bond donors (Lipinski definition) is 0. The normalized spacial score (nSPS) is 10.3. The van der Waals surface area contributed by atoms with E-state index in [0.29, 0.717) is 17.1 Å². The maximum absolute atomic E-state index is 9.17. The van der Waals surface area contributed by atoms with Gasteiger partial charge in [-0.3, -0.25) is 4.68 Å². The molecule has 0 aliphatic rings. The van der Waals surface area contributed by atoms with Crippen LogP contribution in [0.3, 0.4) is 0 Å². The van der Waals surface area contributed by atoms with E-state index in [1.54, 1.807) is 0 Å². The van der Waals surface area contributed by atoms with Crippen LogP contribution in [0.15, 0.2) is 24.3 Å². The van der Waals surface area contributed by atoms with E-state index in [-0.39, 0.29) is 0 Å². The summed E-state index contributed by atoms with van der Waals surface area (Å²) in [6, 6.07) is 9.76. The molecule has 0 fully saturated rings. The van der Waals surface area contributed by atoms with Crippen LogP contribution >= 0.6 is 11.6 Å². The van der Waals surface area contributed by atoms with Gasteiger partial charge < -0.3 is 4.90 Å². The molecule has 2 rings (SSSR count). The van der Waals surface area contributed by atoms with Gasteiger partial charge >= 0.3 is 0 Å². The Morgan fingerprint density at radius 1 is 1.40 bits per heavy atom. The first-order chi connectivity index (χ1) is 9.58. The molecule has 0 aliphatic carbocycles. The van der Waals surface area contributed by atoms with Crippen molar-refractivity contribution in [1.29, 1.82) is 5.26 Å². The van der Waals surface area contributed by atoms with Gasteiger partial charge in [0, 0.05) is 13.6 Å². The Balaban J connectivity index is 2.33. The van der Waals surface area contributed by atoms with E-state index in [1.807, 2.05) is 54.7 Å². The van der Waals surface area contributed by atoms with Gasteiger partial charge in [0.1, 0.15) is 6.07 Å². The van der Waals surface area contributed by atoms with Crippen LogP contribution in [0.25, 0.3) is 0 Å². The van der Waals surface area contributed by atoms with Gasteiger partial charge in [-0.2, -0.15) is 10.4 Å². The van der Waals surface area contributed by atoms with Crippen molar-refractivity contribution >= 4 is 17.3 Å². The number of rotatable bonds is 4. The van der Waals surface area contributed by atoms with E-state index in [9.17, 15) is 5.26 Å². The first-order valence-electron chi connectivity index (χ1n) is 6.50. The maximum atomic E-state index is 9.17. The quantitative estimate of drug-likeness (QED) is 0.866. The first-order valence-corrected chi connectivity index (χ1v) is 6.88. The maximum Gasteiger partial charge on any atom is 0.101 e. The minimum Gasteiger partial charge on any atom is -0.368 e. The summed E-state index contributed by atoms with van der Waals surface area (Å²) in [4.78, 5) is 2.02. The van der Waals surface area contributed by atoms with E-state index < -0.39 is 0 Å². The van der Waals surface area contributed by atoms with Gasteiger partial charge in [-0.1, -0.05) is 23.7 Å². The number of hydrogen-bond acceptors (Lipinski definition) is 3. The molecule has 0 saturated heterocycles. The third-order valence-corrected chi connectivity index (χ3v) is 3.77. The first kappa shape index (κ1) is 14.4. The summed E-state index contributed by atoms with van der Waals surface area (Å²) in [7, 11) is 1.95. The molecule has 4 nitrogen and oxygen atoms in total. The van der Waals surface area contributed by atoms with Crippen molar-refractivity contribution < 1.29 is 0 Å². The van der Waals surface area contributed by atoms with Gasteiger partial charge in [-0.15, -0.1) is 0 Å². The minimum atomic E-state index is 0.617. The van der Waals surface area contributed by atoms with Crippen LogP contribution in [-0.4, -0.2) is 16.8 Å². The number of aromatic nitrogens is 2. The highest BCUT2D eigenvalue weighted by Crippen LogP contribution is 2.25. The van der Waals surface area contributed by atoms with Crippen LogP contribution in [0, 0.1) is 18.3 Å². The molecule has 1 aromatic carbocycles. The Labute approximate surface area is 124 Å². The van der Waals surface area contributed by atoms with Crippen molar-refractivity contribution in [2.24, 2.45) is 0 Å². The van der Waals surface area contributed by atoms with Crippen LogP contribution < -0.4 is 4.90 Å². The van der Waals surface area contributed by atoms with E-state index >= 15 is 0 Å². The molecule has 104 valence electrons. The second-order valence-corrected chi connectivity index (χ2v) is 5.02. The van der Waals surface area contributed by atoms with Crippen LogP contribution in [-0.2, 0) is 13.1 Å². The molecule has 1 heterocycles. The Morgan fingerprint density at radius 3 is 2.75 bits per heavy atom. The fourth-order valence-corrected chi connectivity index (χ4v) is 2.43. The second-order valence-electron chi connectivity index (χ2n) is 4.65. The largest absolute Gasteiger partial charge is 0.368 e. The summed E-state index contributed by atoms with van der Waals surface area (Å²) in [5.41, 5.74) is 3.37. The van der Waals surface area contributed by atoms with E-state index in [2.05, 4.69) is 11.2 Å². The van der Waals surface area contributed by atoms with Crippen LogP contribution in [0.2, 0.25) is 5.02 Å². The van der Waals surface area contributed by atoms with Gasteiger partial charge in [0.2, 0.25) is 0 Å². The standard InChI is InChI=1S/C15H17ClN4/c1-4-20-14(15(16)11(2)18-20)10-19(3)13-8-6-5-7-12(13)9-17/h5-8H,4,10H2,1-3H3. The molecular formula is C15H17ClN4. The minimum absolute atomic E-state index is 0.617. The van der Waals surface area contributed by atoms with Crippen molar-refractivity contribution in [2.75, 3.05) is 11.9 Å². The number of nitrogens with zero attached hydrogens (tertiary/aromatic N) is 4. The third-order valence-electron chi connectivity index (χ3n) is 3.28. The Hall–Kier alpha value is -1.99. The van der Waals surface area contributed by atoms with Gasteiger partial charge in [-0.25, -0.2) is 0 Å². The SMILES string of the molecule is CCn1nc(C)c(Cl)c1CN(C)c1ccccc1C#N. The molecule has 0 atom stereocenters. The fraction of sp³-hybridized carbons (Fsp3) is 0.333. The molecule has 0 N–H and O–H groups in total. The highest BCUT2D eigenvalue weighted by Gasteiger charge is 2.15. The Bertz CT molecular complexity index is 654. The molecule has 0 unspecified atom stereocenters. The number of aryl methyl sites for hydroxylation is 2. The zero-order chi connectivity index (χ0) is 14.7. The van der Waals surface area contributed by atoms with Crippen molar-refractivity contribution in [3.8, 4) is 6.07 Å². The lowest BCUT2D eigenvalue weighted by atomic mass is 10.2. The van der Waals surface area contributed by atoms with Gasteiger partial charge in [0.25, 0.3) is 0 Å². The lowest BCUT2D eigenvalue weighted by molar-refractivity contribution is 0.613. The van der Waals surface area contributed by atoms with Crippen molar-refractivity contribution in [3.63, 3.8) is 0 Å². The molecule has 0 saturated carbocycles. The zero-order valence-electron chi connectivity index (χ0n) is 11.9. The lowest BCUT2D eigenvalue weighted by Crippen LogP contribution is -2.20. The van der Waals surface area contributed by atoms with Crippen LogP contribution in [0.1, 0.15) is 23.9 Å². The summed E-state index contributed by atoms with van der Waals surface area (Å²) >= 11 is 6.32. The number of halogens is 1. The number of para-hydroxylation sites is 1. The smallest absolute Gasteiger partial charge is 0.101 e. The molecule has 2 aromatic rings. The lowest BCUT2D eigenvalue weighted by Gasteiger charge is -2.21. The van der Waals surface area contributed by atoms with E-state index in [1.165, 1.54) is 0 Å². The van der Waals surface area contributed by atoms with Gasteiger partial charge in [0.15, 0.2) is 0 Å². The second kappa shape index (κ2) is 5.98. The van der Waals surface area contributed by atoms with Crippen LogP contribution in [0.5, 0.6) is 0 Å². The molecule has 0 bridgehead atoms.